The van der Waals surface area contributed by atoms with Crippen LogP contribution in [0.25, 0.3) is 10.9 Å². The molecule has 0 saturated carbocycles. The molecule has 1 nitrogen and oxygen atoms in total. The van der Waals surface area contributed by atoms with E-state index in [-0.39, 0.29) is 0 Å². The molecule has 16 heavy (non-hydrogen) atoms. The third-order valence-corrected chi connectivity index (χ3v) is 2.50. The van der Waals surface area contributed by atoms with Crippen LogP contribution in [0.15, 0.2) is 30.3 Å². The summed E-state index contributed by atoms with van der Waals surface area (Å²) in [6, 6.07) is 10.5. The van der Waals surface area contributed by atoms with Gasteiger partial charge >= 0.3 is 0 Å². The highest BCUT2D eigenvalue weighted by molar-refractivity contribution is 5.82. The number of aromatic nitrogens is 1. The lowest BCUT2D eigenvalue weighted by atomic mass is 9.98. The first-order valence-electron chi connectivity index (χ1n) is 6.05. The molecule has 86 valence electrons. The maximum Gasteiger partial charge on any atom is 0.0708 e. The van der Waals surface area contributed by atoms with E-state index < -0.39 is 0 Å². The first kappa shape index (κ1) is 12.7. The van der Waals surface area contributed by atoms with E-state index in [0.717, 1.165) is 11.2 Å². The second-order valence-corrected chi connectivity index (χ2v) is 4.02. The molecule has 0 fully saturated rings. The van der Waals surface area contributed by atoms with Crippen molar-refractivity contribution in [2.75, 3.05) is 0 Å². The molecule has 0 N–H and O–H groups in total. The number of pyridine rings is 1. The maximum atomic E-state index is 4.52. The van der Waals surface area contributed by atoms with E-state index in [1.165, 1.54) is 10.9 Å². The van der Waals surface area contributed by atoms with Crippen molar-refractivity contribution in [3.8, 4) is 0 Å². The Morgan fingerprint density at radius 1 is 1.06 bits per heavy atom. The third kappa shape index (κ3) is 2.60. The largest absolute Gasteiger partial charge is 0.253 e. The maximum absolute atomic E-state index is 4.52. The quantitative estimate of drug-likeness (QED) is 0.672. The lowest BCUT2D eigenvalue weighted by molar-refractivity contribution is 0.871. The first-order chi connectivity index (χ1) is 7.68. The molecule has 0 aliphatic heterocycles. The predicted octanol–water partition coefficient (Wildman–Crippen LogP) is 4.69. The van der Waals surface area contributed by atoms with Gasteiger partial charge in [0.1, 0.15) is 0 Å². The number of para-hydroxylation sites is 1. The topological polar surface area (TPSA) is 12.9 Å². The van der Waals surface area contributed by atoms with Crippen molar-refractivity contribution >= 4 is 10.9 Å². The number of benzene rings is 1. The van der Waals surface area contributed by atoms with E-state index >= 15 is 0 Å². The van der Waals surface area contributed by atoms with Crippen molar-refractivity contribution in [3.05, 3.63) is 41.6 Å². The van der Waals surface area contributed by atoms with Gasteiger partial charge in [0.2, 0.25) is 0 Å². The molecule has 0 aliphatic carbocycles. The summed E-state index contributed by atoms with van der Waals surface area (Å²) in [4.78, 5) is 4.52. The second kappa shape index (κ2) is 5.64. The van der Waals surface area contributed by atoms with Gasteiger partial charge in [0.05, 0.1) is 5.52 Å². The van der Waals surface area contributed by atoms with Gasteiger partial charge in [-0.2, -0.15) is 0 Å². The Morgan fingerprint density at radius 3 is 2.31 bits per heavy atom. The van der Waals surface area contributed by atoms with Crippen LogP contribution in [0.1, 0.15) is 44.9 Å². The Morgan fingerprint density at radius 2 is 1.69 bits per heavy atom. The summed E-state index contributed by atoms with van der Waals surface area (Å²) in [7, 11) is 0. The lowest BCUT2D eigenvalue weighted by Crippen LogP contribution is -1.93. The van der Waals surface area contributed by atoms with Crippen molar-refractivity contribution < 1.29 is 0 Å². The van der Waals surface area contributed by atoms with Crippen LogP contribution in [0.3, 0.4) is 0 Å². The van der Waals surface area contributed by atoms with Crippen molar-refractivity contribution in [1.82, 2.24) is 4.98 Å². The first-order valence-corrected chi connectivity index (χ1v) is 6.05. The molecule has 0 unspecified atom stereocenters. The van der Waals surface area contributed by atoms with Gasteiger partial charge in [-0.05, 0) is 30.5 Å². The summed E-state index contributed by atoms with van der Waals surface area (Å²) in [5.41, 5.74) is 3.61. The van der Waals surface area contributed by atoms with Gasteiger partial charge in [-0.25, -0.2) is 0 Å². The Balaban J connectivity index is 0.000000606. The summed E-state index contributed by atoms with van der Waals surface area (Å²) in [5, 5.41) is 1.29. The summed E-state index contributed by atoms with van der Waals surface area (Å²) >= 11 is 0. The second-order valence-electron chi connectivity index (χ2n) is 4.02. The van der Waals surface area contributed by atoms with Crippen LogP contribution in [0.4, 0.5) is 0 Å². The van der Waals surface area contributed by atoms with Crippen molar-refractivity contribution in [2.24, 2.45) is 0 Å². The number of hydrogen-bond donors (Lipinski definition) is 0. The summed E-state index contributed by atoms with van der Waals surface area (Å²) in [6.07, 6.45) is 0. The van der Waals surface area contributed by atoms with Crippen LogP contribution in [0.2, 0.25) is 0 Å². The fourth-order valence-corrected chi connectivity index (χ4v) is 1.82. The van der Waals surface area contributed by atoms with Crippen LogP contribution < -0.4 is 0 Å². The molecule has 0 aliphatic rings. The molecule has 0 atom stereocenters. The van der Waals surface area contributed by atoms with Crippen LogP contribution in [-0.4, -0.2) is 4.98 Å². The molecule has 0 saturated heterocycles. The fraction of sp³-hybridized carbons (Fsp3) is 0.400. The molecule has 1 heterocycles. The molecule has 1 aromatic heterocycles. The SMILES string of the molecule is CC.Cc1cc(C(C)C)c2ccccc2n1. The average Bonchev–Trinajstić information content (AvgIpc) is 2.30. The van der Waals surface area contributed by atoms with E-state index in [2.05, 4.69) is 50.0 Å². The van der Waals surface area contributed by atoms with Crippen LogP contribution in [-0.2, 0) is 0 Å². The van der Waals surface area contributed by atoms with Crippen LogP contribution in [0, 0.1) is 6.92 Å². The standard InChI is InChI=1S/C13H15N.C2H6/c1-9(2)12-8-10(3)14-13-7-5-4-6-11(12)13;1-2/h4-9H,1-3H3;1-2H3. The minimum Gasteiger partial charge on any atom is -0.253 e. The highest BCUT2D eigenvalue weighted by Crippen LogP contribution is 2.24. The zero-order valence-electron chi connectivity index (χ0n) is 10.9. The van der Waals surface area contributed by atoms with E-state index in [1.807, 2.05) is 19.9 Å². The van der Waals surface area contributed by atoms with Crippen molar-refractivity contribution in [1.29, 1.82) is 0 Å². The zero-order valence-corrected chi connectivity index (χ0v) is 10.9. The van der Waals surface area contributed by atoms with Gasteiger partial charge in [-0.3, -0.25) is 4.98 Å². The smallest absolute Gasteiger partial charge is 0.0708 e. The van der Waals surface area contributed by atoms with E-state index in [1.54, 1.807) is 0 Å². The van der Waals surface area contributed by atoms with Gasteiger partial charge < -0.3 is 0 Å². The molecule has 2 rings (SSSR count). The Hall–Kier alpha value is -1.37. The number of rotatable bonds is 1. The molecule has 0 radical (unpaired) electrons. The molecule has 0 spiro atoms. The average molecular weight is 215 g/mol. The summed E-state index contributed by atoms with van der Waals surface area (Å²) in [5.74, 6) is 0.557. The summed E-state index contributed by atoms with van der Waals surface area (Å²) in [6.45, 7) is 10.5. The van der Waals surface area contributed by atoms with Crippen LogP contribution in [0.5, 0.6) is 0 Å². The normalized spacial score (nSPS) is 10.1. The predicted molar refractivity (Wildman–Crippen MR) is 71.9 cm³/mol. The molecular formula is C15H21N. The number of nitrogens with zero attached hydrogens (tertiary/aromatic N) is 1. The summed E-state index contributed by atoms with van der Waals surface area (Å²) < 4.78 is 0. The highest BCUT2D eigenvalue weighted by atomic mass is 14.7. The molecule has 1 heteroatoms. The van der Waals surface area contributed by atoms with Crippen molar-refractivity contribution in [3.63, 3.8) is 0 Å². The van der Waals surface area contributed by atoms with Gasteiger partial charge in [0, 0.05) is 11.1 Å². The zero-order chi connectivity index (χ0) is 12.1. The van der Waals surface area contributed by atoms with Gasteiger partial charge in [0.25, 0.3) is 0 Å². The number of hydrogen-bond acceptors (Lipinski definition) is 1. The molecule has 0 bridgehead atoms. The third-order valence-electron chi connectivity index (χ3n) is 2.50. The highest BCUT2D eigenvalue weighted by Gasteiger charge is 2.06. The Labute approximate surface area is 98.5 Å². The molecule has 2 aromatic rings. The Bertz CT molecular complexity index is 458. The Kier molecular flexibility index (Phi) is 4.48. The number of fused-ring (bicyclic) bond motifs is 1. The van der Waals surface area contributed by atoms with Gasteiger partial charge in [-0.15, -0.1) is 0 Å². The van der Waals surface area contributed by atoms with Gasteiger partial charge in [0.15, 0.2) is 0 Å². The van der Waals surface area contributed by atoms with E-state index in [4.69, 9.17) is 0 Å². The molecule has 1 aromatic carbocycles. The molecule has 0 amide bonds. The van der Waals surface area contributed by atoms with Crippen LogP contribution >= 0.6 is 0 Å². The van der Waals surface area contributed by atoms with E-state index in [9.17, 15) is 0 Å². The van der Waals surface area contributed by atoms with Crippen molar-refractivity contribution in [2.45, 2.75) is 40.5 Å². The molecular weight excluding hydrogens is 194 g/mol. The van der Waals surface area contributed by atoms with E-state index in [0.29, 0.717) is 5.92 Å². The van der Waals surface area contributed by atoms with Gasteiger partial charge in [-0.1, -0.05) is 45.9 Å². The minimum atomic E-state index is 0.557. The fourth-order valence-electron chi connectivity index (χ4n) is 1.82. The number of aryl methyl sites for hydroxylation is 1. The lowest BCUT2D eigenvalue weighted by Gasteiger charge is -2.10. The minimum absolute atomic E-state index is 0.557. The monoisotopic (exact) mass is 215 g/mol.